The highest BCUT2D eigenvalue weighted by atomic mass is 35.5. The molecular formula is C21H22ClN5OS. The maximum absolute atomic E-state index is 12.3. The second-order valence-corrected chi connectivity index (χ2v) is 7.47. The first-order valence-corrected chi connectivity index (χ1v) is 10.5. The second kappa shape index (κ2) is 10.0. The van der Waals surface area contributed by atoms with Gasteiger partial charge in [0.15, 0.2) is 10.3 Å². The largest absolute Gasteiger partial charge is 0.372 e. The number of thiazole rings is 1. The molecule has 0 radical (unpaired) electrons. The van der Waals surface area contributed by atoms with E-state index in [-0.39, 0.29) is 5.91 Å². The summed E-state index contributed by atoms with van der Waals surface area (Å²) in [7, 11) is 0. The molecule has 0 saturated carbocycles. The van der Waals surface area contributed by atoms with Crippen LogP contribution in [0.25, 0.3) is 0 Å². The monoisotopic (exact) mass is 427 g/mol. The van der Waals surface area contributed by atoms with Crippen LogP contribution in [0.5, 0.6) is 0 Å². The molecule has 1 heterocycles. The Morgan fingerprint density at radius 3 is 2.48 bits per heavy atom. The van der Waals surface area contributed by atoms with E-state index in [1.807, 2.05) is 42.5 Å². The average molecular weight is 428 g/mol. The van der Waals surface area contributed by atoms with Gasteiger partial charge in [-0.3, -0.25) is 4.79 Å². The maximum Gasteiger partial charge on any atom is 0.271 e. The molecule has 0 atom stereocenters. The van der Waals surface area contributed by atoms with E-state index in [9.17, 15) is 4.79 Å². The first-order chi connectivity index (χ1) is 14.1. The van der Waals surface area contributed by atoms with Crippen molar-refractivity contribution in [3.63, 3.8) is 0 Å². The van der Waals surface area contributed by atoms with Crippen LogP contribution >= 0.6 is 22.9 Å². The van der Waals surface area contributed by atoms with E-state index in [0.717, 1.165) is 24.5 Å². The van der Waals surface area contributed by atoms with Crippen LogP contribution in [0.4, 0.5) is 16.5 Å². The summed E-state index contributed by atoms with van der Waals surface area (Å²) in [5.74, 6) is -0.282. The maximum atomic E-state index is 12.3. The van der Waals surface area contributed by atoms with Crippen LogP contribution < -0.4 is 15.6 Å². The number of carbonyl (C=O) groups is 1. The predicted molar refractivity (Wildman–Crippen MR) is 122 cm³/mol. The van der Waals surface area contributed by atoms with Crippen molar-refractivity contribution in [1.82, 2.24) is 10.4 Å². The second-order valence-electron chi connectivity index (χ2n) is 6.08. The zero-order chi connectivity index (χ0) is 20.6. The highest BCUT2D eigenvalue weighted by molar-refractivity contribution is 7.17. The normalized spacial score (nSPS) is 10.9. The number of hydrogen-bond acceptors (Lipinski definition) is 6. The summed E-state index contributed by atoms with van der Waals surface area (Å²) in [6, 6.07) is 17.1. The Kier molecular flexibility index (Phi) is 7.21. The molecule has 29 heavy (non-hydrogen) atoms. The summed E-state index contributed by atoms with van der Waals surface area (Å²) in [6.45, 7) is 6.04. The van der Waals surface area contributed by atoms with Crippen LogP contribution in [-0.4, -0.2) is 30.2 Å². The number of halogens is 1. The summed E-state index contributed by atoms with van der Waals surface area (Å²) < 4.78 is 0. The van der Waals surface area contributed by atoms with Crippen molar-refractivity contribution in [3.05, 3.63) is 70.2 Å². The van der Waals surface area contributed by atoms with Gasteiger partial charge in [0, 0.05) is 30.0 Å². The third-order valence-corrected chi connectivity index (χ3v) is 5.55. The number of anilines is 3. The molecule has 0 aliphatic rings. The number of hydrogen-bond donors (Lipinski definition) is 2. The third-order valence-electron chi connectivity index (χ3n) is 4.24. The van der Waals surface area contributed by atoms with E-state index in [2.05, 4.69) is 39.6 Å². The molecule has 0 aliphatic carbocycles. The SMILES string of the molecule is CCN(CC)c1ccc(C(=O)N/N=C\c2sc(Nc3ccccc3)nc2Cl)cc1. The van der Waals surface area contributed by atoms with E-state index in [4.69, 9.17) is 11.6 Å². The minimum Gasteiger partial charge on any atom is -0.372 e. The summed E-state index contributed by atoms with van der Waals surface area (Å²) in [5, 5.41) is 8.18. The van der Waals surface area contributed by atoms with Gasteiger partial charge >= 0.3 is 0 Å². The van der Waals surface area contributed by atoms with Gasteiger partial charge in [0.05, 0.1) is 11.1 Å². The average Bonchev–Trinajstić information content (AvgIpc) is 3.09. The predicted octanol–water partition coefficient (Wildman–Crippen LogP) is 5.15. The molecule has 2 N–H and O–H groups in total. The van der Waals surface area contributed by atoms with Crippen molar-refractivity contribution < 1.29 is 4.79 Å². The van der Waals surface area contributed by atoms with Gasteiger partial charge in [-0.15, -0.1) is 0 Å². The van der Waals surface area contributed by atoms with Crippen molar-refractivity contribution >= 4 is 51.6 Å². The number of aromatic nitrogens is 1. The van der Waals surface area contributed by atoms with E-state index in [1.54, 1.807) is 12.1 Å². The first-order valence-electron chi connectivity index (χ1n) is 9.27. The molecule has 8 heteroatoms. The van der Waals surface area contributed by atoms with Gasteiger partial charge in [-0.05, 0) is 50.2 Å². The number of para-hydroxylation sites is 1. The fourth-order valence-corrected chi connectivity index (χ4v) is 3.77. The standard InChI is InChI=1S/C21H22ClN5OS/c1-3-27(4-2)17-12-10-15(11-13-17)20(28)26-23-14-18-19(22)25-21(29-18)24-16-8-6-5-7-9-16/h5-14H,3-4H2,1-2H3,(H,24,25)(H,26,28)/b23-14-. The zero-order valence-corrected chi connectivity index (χ0v) is 17.8. The minimum atomic E-state index is -0.282. The van der Waals surface area contributed by atoms with Crippen molar-refractivity contribution in [3.8, 4) is 0 Å². The Morgan fingerprint density at radius 1 is 1.14 bits per heavy atom. The number of benzene rings is 2. The number of amides is 1. The Bertz CT molecular complexity index is 968. The fraction of sp³-hybridized carbons (Fsp3) is 0.190. The Hall–Kier alpha value is -2.90. The highest BCUT2D eigenvalue weighted by Gasteiger charge is 2.09. The third kappa shape index (κ3) is 5.56. The number of hydrazone groups is 1. The molecule has 2 aromatic carbocycles. The molecule has 1 aromatic heterocycles. The lowest BCUT2D eigenvalue weighted by molar-refractivity contribution is 0.0955. The Balaban J connectivity index is 1.60. The minimum absolute atomic E-state index is 0.282. The molecule has 0 spiro atoms. The van der Waals surface area contributed by atoms with E-state index >= 15 is 0 Å². The van der Waals surface area contributed by atoms with Crippen molar-refractivity contribution in [2.24, 2.45) is 5.10 Å². The fourth-order valence-electron chi connectivity index (χ4n) is 2.72. The molecule has 0 saturated heterocycles. The number of rotatable bonds is 8. The lowest BCUT2D eigenvalue weighted by atomic mass is 10.2. The van der Waals surface area contributed by atoms with Crippen molar-refractivity contribution in [1.29, 1.82) is 0 Å². The van der Waals surface area contributed by atoms with Crippen LogP contribution in [0.2, 0.25) is 5.15 Å². The molecule has 0 unspecified atom stereocenters. The topological polar surface area (TPSA) is 69.6 Å². The molecule has 0 bridgehead atoms. The summed E-state index contributed by atoms with van der Waals surface area (Å²) in [5.41, 5.74) is 5.08. The lowest BCUT2D eigenvalue weighted by Crippen LogP contribution is -2.22. The lowest BCUT2D eigenvalue weighted by Gasteiger charge is -2.20. The number of nitrogens with one attached hydrogen (secondary N) is 2. The number of nitrogens with zero attached hydrogens (tertiary/aromatic N) is 3. The van der Waals surface area contributed by atoms with Crippen molar-refractivity contribution in [2.45, 2.75) is 13.8 Å². The number of carbonyl (C=O) groups excluding carboxylic acids is 1. The molecule has 0 aliphatic heterocycles. The molecule has 1 amide bonds. The van der Waals surface area contributed by atoms with E-state index in [1.165, 1.54) is 17.6 Å². The van der Waals surface area contributed by atoms with Gasteiger partial charge in [0.2, 0.25) is 0 Å². The molecule has 6 nitrogen and oxygen atoms in total. The van der Waals surface area contributed by atoms with E-state index < -0.39 is 0 Å². The molecule has 3 rings (SSSR count). The molecule has 3 aromatic rings. The van der Waals surface area contributed by atoms with Crippen molar-refractivity contribution in [2.75, 3.05) is 23.3 Å². The Labute approximate surface area is 179 Å². The van der Waals surface area contributed by atoms with Gasteiger partial charge < -0.3 is 10.2 Å². The van der Waals surface area contributed by atoms with Crippen LogP contribution in [0.15, 0.2) is 59.7 Å². The van der Waals surface area contributed by atoms with Gasteiger partial charge in [0.1, 0.15) is 0 Å². The van der Waals surface area contributed by atoms with Crippen LogP contribution in [-0.2, 0) is 0 Å². The van der Waals surface area contributed by atoms with Gasteiger partial charge in [0.25, 0.3) is 5.91 Å². The van der Waals surface area contributed by atoms with Crippen LogP contribution in [0.3, 0.4) is 0 Å². The van der Waals surface area contributed by atoms with Gasteiger partial charge in [-0.2, -0.15) is 5.10 Å². The smallest absolute Gasteiger partial charge is 0.271 e. The van der Waals surface area contributed by atoms with Gasteiger partial charge in [-0.1, -0.05) is 41.1 Å². The quantitative estimate of drug-likeness (QED) is 0.385. The molecule has 0 fully saturated rings. The van der Waals surface area contributed by atoms with Gasteiger partial charge in [-0.25, -0.2) is 10.4 Å². The van der Waals surface area contributed by atoms with Crippen LogP contribution in [0, 0.1) is 0 Å². The summed E-state index contributed by atoms with van der Waals surface area (Å²) in [6.07, 6.45) is 1.50. The van der Waals surface area contributed by atoms with E-state index in [0.29, 0.717) is 20.7 Å². The molecule has 150 valence electrons. The highest BCUT2D eigenvalue weighted by Crippen LogP contribution is 2.27. The first kappa shape index (κ1) is 20.8. The summed E-state index contributed by atoms with van der Waals surface area (Å²) >= 11 is 7.52. The molecular weight excluding hydrogens is 406 g/mol. The van der Waals surface area contributed by atoms with Crippen LogP contribution in [0.1, 0.15) is 29.1 Å². The summed E-state index contributed by atoms with van der Waals surface area (Å²) in [4.78, 5) is 19.4. The zero-order valence-electron chi connectivity index (χ0n) is 16.2. The Morgan fingerprint density at radius 2 is 1.83 bits per heavy atom.